The Balaban J connectivity index is 2.00. The molecule has 0 atom stereocenters. The average Bonchev–Trinajstić information content (AvgIpc) is 3.01. The molecule has 3 aromatic heterocycles. The van der Waals surface area contributed by atoms with Gasteiger partial charge in [-0.15, -0.1) is 11.3 Å². The molecule has 0 saturated heterocycles. The fraction of sp³-hybridized carbons (Fsp3) is 0. The van der Waals surface area contributed by atoms with Crippen molar-refractivity contribution in [2.45, 2.75) is 0 Å². The highest BCUT2D eigenvalue weighted by atomic mass is 32.1. The highest BCUT2D eigenvalue weighted by molar-refractivity contribution is 7.18. The second-order valence-electron chi connectivity index (χ2n) is 3.21. The molecule has 0 aliphatic carbocycles. The predicted octanol–water partition coefficient (Wildman–Crippen LogP) is 2.60. The molecule has 5 heteroatoms. The van der Waals surface area contributed by atoms with Crippen LogP contribution in [-0.4, -0.2) is 20.2 Å². The first-order valence-corrected chi connectivity index (χ1v) is 5.62. The van der Waals surface area contributed by atoms with Gasteiger partial charge in [-0.05, 0) is 18.2 Å². The van der Waals surface area contributed by atoms with E-state index in [-0.39, 0.29) is 0 Å². The topological polar surface area (TPSA) is 54.5 Å². The fourth-order valence-electron chi connectivity index (χ4n) is 1.40. The van der Waals surface area contributed by atoms with Crippen LogP contribution in [0.1, 0.15) is 0 Å². The van der Waals surface area contributed by atoms with Gasteiger partial charge >= 0.3 is 0 Å². The van der Waals surface area contributed by atoms with Gasteiger partial charge in [0.15, 0.2) is 0 Å². The van der Waals surface area contributed by atoms with Crippen molar-refractivity contribution in [3.05, 3.63) is 42.9 Å². The van der Waals surface area contributed by atoms with Crippen molar-refractivity contribution < 1.29 is 0 Å². The number of H-pyrrole nitrogens is 1. The number of pyridine rings is 1. The Morgan fingerprint density at radius 1 is 1.06 bits per heavy atom. The summed E-state index contributed by atoms with van der Waals surface area (Å²) >= 11 is 1.60. The number of aromatic nitrogens is 4. The Morgan fingerprint density at radius 3 is 2.81 bits per heavy atom. The van der Waals surface area contributed by atoms with Crippen LogP contribution in [0.2, 0.25) is 0 Å². The second-order valence-corrected chi connectivity index (χ2v) is 4.25. The fourth-order valence-corrected chi connectivity index (χ4v) is 2.27. The molecular weight excluding hydrogens is 220 g/mol. The van der Waals surface area contributed by atoms with Crippen molar-refractivity contribution >= 4 is 11.3 Å². The van der Waals surface area contributed by atoms with Gasteiger partial charge in [-0.25, -0.2) is 4.98 Å². The molecule has 3 aromatic rings. The van der Waals surface area contributed by atoms with Gasteiger partial charge < -0.3 is 0 Å². The van der Waals surface area contributed by atoms with Gasteiger partial charge in [-0.3, -0.25) is 10.1 Å². The average molecular weight is 228 g/mol. The zero-order valence-corrected chi connectivity index (χ0v) is 9.11. The van der Waals surface area contributed by atoms with Crippen LogP contribution in [0, 0.1) is 0 Å². The third kappa shape index (κ3) is 1.61. The molecule has 0 radical (unpaired) electrons. The van der Waals surface area contributed by atoms with Gasteiger partial charge in [0.05, 0.1) is 16.3 Å². The maximum absolute atomic E-state index is 4.35. The summed E-state index contributed by atoms with van der Waals surface area (Å²) < 4.78 is 0. The zero-order valence-electron chi connectivity index (χ0n) is 8.29. The van der Waals surface area contributed by atoms with Gasteiger partial charge in [0.25, 0.3) is 0 Å². The maximum atomic E-state index is 4.35. The van der Waals surface area contributed by atoms with E-state index in [9.17, 15) is 0 Å². The van der Waals surface area contributed by atoms with Crippen LogP contribution in [0.4, 0.5) is 0 Å². The van der Waals surface area contributed by atoms with Crippen molar-refractivity contribution in [1.29, 1.82) is 0 Å². The molecule has 0 aliphatic rings. The summed E-state index contributed by atoms with van der Waals surface area (Å²) in [7, 11) is 0. The molecule has 78 valence electrons. The van der Waals surface area contributed by atoms with Crippen molar-refractivity contribution in [2.75, 3.05) is 0 Å². The summed E-state index contributed by atoms with van der Waals surface area (Å²) in [6.07, 6.45) is 5.34. The largest absolute Gasteiger partial charge is 0.277 e. The smallest absolute Gasteiger partial charge is 0.142 e. The van der Waals surface area contributed by atoms with E-state index >= 15 is 0 Å². The number of hydrogen-bond acceptors (Lipinski definition) is 4. The van der Waals surface area contributed by atoms with Crippen molar-refractivity contribution in [2.24, 2.45) is 0 Å². The van der Waals surface area contributed by atoms with Crippen LogP contribution in [0.25, 0.3) is 21.3 Å². The Labute approximate surface area is 96.0 Å². The Morgan fingerprint density at radius 2 is 2.06 bits per heavy atom. The minimum absolute atomic E-state index is 0.901. The number of rotatable bonds is 2. The summed E-state index contributed by atoms with van der Waals surface area (Å²) in [6, 6.07) is 7.73. The SMILES string of the molecule is c1ccc(-c2ncc(-c3ccn[nH]3)s2)nc1. The molecule has 0 aliphatic heterocycles. The van der Waals surface area contributed by atoms with Crippen LogP contribution in [-0.2, 0) is 0 Å². The lowest BCUT2D eigenvalue weighted by Gasteiger charge is -1.92. The molecule has 3 heterocycles. The van der Waals surface area contributed by atoms with E-state index in [0.717, 1.165) is 21.3 Å². The lowest BCUT2D eigenvalue weighted by Crippen LogP contribution is -1.78. The van der Waals surface area contributed by atoms with Crippen LogP contribution in [0.5, 0.6) is 0 Å². The Bertz CT molecular complexity index is 571. The van der Waals surface area contributed by atoms with Gasteiger partial charge in [0.2, 0.25) is 0 Å². The first-order valence-electron chi connectivity index (χ1n) is 4.80. The first kappa shape index (κ1) is 9.23. The first-order chi connectivity index (χ1) is 7.93. The van der Waals surface area contributed by atoms with Crippen LogP contribution in [0.3, 0.4) is 0 Å². The van der Waals surface area contributed by atoms with Crippen molar-refractivity contribution in [3.63, 3.8) is 0 Å². The molecule has 4 nitrogen and oxygen atoms in total. The number of nitrogens with one attached hydrogen (secondary N) is 1. The molecule has 0 fully saturated rings. The summed E-state index contributed by atoms with van der Waals surface area (Å²) in [5.74, 6) is 0. The van der Waals surface area contributed by atoms with E-state index in [1.165, 1.54) is 0 Å². The van der Waals surface area contributed by atoms with E-state index in [0.29, 0.717) is 0 Å². The van der Waals surface area contributed by atoms with Crippen molar-refractivity contribution in [1.82, 2.24) is 20.2 Å². The van der Waals surface area contributed by atoms with E-state index < -0.39 is 0 Å². The summed E-state index contributed by atoms with van der Waals surface area (Å²) in [6.45, 7) is 0. The van der Waals surface area contributed by atoms with Crippen LogP contribution in [0.15, 0.2) is 42.9 Å². The minimum atomic E-state index is 0.901. The Kier molecular flexibility index (Phi) is 2.23. The molecule has 0 amide bonds. The van der Waals surface area contributed by atoms with Gasteiger partial charge in [-0.1, -0.05) is 6.07 Å². The summed E-state index contributed by atoms with van der Waals surface area (Å²) in [4.78, 5) is 9.68. The lowest BCUT2D eigenvalue weighted by molar-refractivity contribution is 1.10. The van der Waals surface area contributed by atoms with E-state index in [2.05, 4.69) is 20.2 Å². The second kappa shape index (κ2) is 3.86. The normalized spacial score (nSPS) is 10.5. The van der Waals surface area contributed by atoms with Gasteiger partial charge in [-0.2, -0.15) is 5.10 Å². The molecule has 1 N–H and O–H groups in total. The third-order valence-corrected chi connectivity index (χ3v) is 3.21. The molecule has 16 heavy (non-hydrogen) atoms. The number of hydrogen-bond donors (Lipinski definition) is 1. The highest BCUT2D eigenvalue weighted by Crippen LogP contribution is 2.29. The van der Waals surface area contributed by atoms with E-state index in [1.54, 1.807) is 23.7 Å². The minimum Gasteiger partial charge on any atom is -0.277 e. The summed E-state index contributed by atoms with van der Waals surface area (Å²) in [5, 5.41) is 7.76. The zero-order chi connectivity index (χ0) is 10.8. The van der Waals surface area contributed by atoms with Crippen molar-refractivity contribution in [3.8, 4) is 21.3 Å². The molecular formula is C11H8N4S. The highest BCUT2D eigenvalue weighted by Gasteiger charge is 2.07. The van der Waals surface area contributed by atoms with Crippen LogP contribution >= 0.6 is 11.3 Å². The number of nitrogens with zero attached hydrogens (tertiary/aromatic N) is 3. The molecule has 0 bridgehead atoms. The van der Waals surface area contributed by atoms with E-state index in [4.69, 9.17) is 0 Å². The van der Waals surface area contributed by atoms with E-state index in [1.807, 2.05) is 30.5 Å². The molecule has 0 spiro atoms. The quantitative estimate of drug-likeness (QED) is 0.733. The monoisotopic (exact) mass is 228 g/mol. The molecule has 0 aromatic carbocycles. The predicted molar refractivity (Wildman–Crippen MR) is 62.9 cm³/mol. The lowest BCUT2D eigenvalue weighted by atomic mass is 10.4. The van der Waals surface area contributed by atoms with Gasteiger partial charge in [0, 0.05) is 18.6 Å². The molecule has 0 saturated carbocycles. The van der Waals surface area contributed by atoms with Crippen LogP contribution < -0.4 is 0 Å². The standard InChI is InChI=1S/C11H8N4S/c1-2-5-12-9(3-1)11-13-7-10(16-11)8-4-6-14-15-8/h1-7H,(H,14,15). The molecule has 0 unspecified atom stereocenters. The summed E-state index contributed by atoms with van der Waals surface area (Å²) in [5.41, 5.74) is 1.89. The number of aromatic amines is 1. The van der Waals surface area contributed by atoms with Gasteiger partial charge in [0.1, 0.15) is 5.01 Å². The third-order valence-electron chi connectivity index (χ3n) is 2.16. The number of thiazole rings is 1. The Hall–Kier alpha value is -2.01. The molecule has 3 rings (SSSR count). The maximum Gasteiger partial charge on any atom is 0.142 e.